The van der Waals surface area contributed by atoms with Crippen LogP contribution in [0, 0.1) is 0 Å². The second-order valence-corrected chi connectivity index (χ2v) is 8.96. The monoisotopic (exact) mass is 467 g/mol. The Labute approximate surface area is 185 Å². The molecule has 0 aliphatic rings. The summed E-state index contributed by atoms with van der Waals surface area (Å²) < 4.78 is 30.0. The lowest BCUT2D eigenvalue weighted by Crippen LogP contribution is -2.35. The molecule has 31 heavy (non-hydrogen) atoms. The molecule has 0 aliphatic carbocycles. The van der Waals surface area contributed by atoms with E-state index in [0.717, 1.165) is 4.90 Å². The molecule has 0 aromatic heterocycles. The van der Waals surface area contributed by atoms with Crippen molar-refractivity contribution in [3.63, 3.8) is 0 Å². The molecular formula is C21H26NO7PS. The van der Waals surface area contributed by atoms with Crippen LogP contribution in [0.3, 0.4) is 0 Å². The Morgan fingerprint density at radius 2 is 1.81 bits per heavy atom. The fourth-order valence-electron chi connectivity index (χ4n) is 2.57. The number of carboxylic acid groups (broad SMARTS) is 1. The molecule has 0 bridgehead atoms. The van der Waals surface area contributed by atoms with Crippen molar-refractivity contribution in [1.29, 1.82) is 0 Å². The summed E-state index contributed by atoms with van der Waals surface area (Å²) in [5, 5.41) is 11.6. The second-order valence-electron chi connectivity index (χ2n) is 6.46. The normalized spacial score (nSPS) is 13.6. The molecule has 0 radical (unpaired) electrons. The first-order valence-corrected chi connectivity index (χ1v) is 12.4. The molecule has 1 unspecified atom stereocenters. The molecule has 2 N–H and O–H groups in total. The molecule has 8 nitrogen and oxygen atoms in total. The summed E-state index contributed by atoms with van der Waals surface area (Å²) in [5.74, 6) is -1.08. The van der Waals surface area contributed by atoms with Gasteiger partial charge in [-0.3, -0.25) is 9.59 Å². The fraction of sp³-hybridized carbons (Fsp3) is 0.333. The van der Waals surface area contributed by atoms with Gasteiger partial charge in [0.15, 0.2) is 0 Å². The number of hydrogen-bond donors (Lipinski definition) is 2. The van der Waals surface area contributed by atoms with Crippen molar-refractivity contribution in [1.82, 2.24) is 5.09 Å². The Balaban J connectivity index is 2.31. The lowest BCUT2D eigenvalue weighted by atomic mass is 10.1. The summed E-state index contributed by atoms with van der Waals surface area (Å²) in [4.78, 5) is 24.0. The molecule has 0 fully saturated rings. The minimum Gasteiger partial charge on any atom is -0.481 e. The molecule has 0 aliphatic heterocycles. The number of nitrogens with one attached hydrogen (secondary N) is 1. The van der Waals surface area contributed by atoms with Crippen LogP contribution in [0.2, 0.25) is 0 Å². The first-order valence-electron chi connectivity index (χ1n) is 9.63. The van der Waals surface area contributed by atoms with Gasteiger partial charge in [-0.05, 0) is 62.4 Å². The van der Waals surface area contributed by atoms with Crippen molar-refractivity contribution < 1.29 is 33.0 Å². The highest BCUT2D eigenvalue weighted by Crippen LogP contribution is 2.46. The van der Waals surface area contributed by atoms with Gasteiger partial charge in [0.2, 0.25) is 0 Å². The number of ether oxygens (including phenoxy) is 1. The maximum absolute atomic E-state index is 13.6. The predicted octanol–water partition coefficient (Wildman–Crippen LogP) is 4.53. The van der Waals surface area contributed by atoms with Crippen LogP contribution in [0.4, 0.5) is 0 Å². The van der Waals surface area contributed by atoms with E-state index >= 15 is 0 Å². The van der Waals surface area contributed by atoms with Crippen molar-refractivity contribution in [3.05, 3.63) is 54.1 Å². The minimum absolute atomic E-state index is 0.117. The summed E-state index contributed by atoms with van der Waals surface area (Å²) in [7, 11) is -4.10. The van der Waals surface area contributed by atoms with Gasteiger partial charge >= 0.3 is 19.7 Å². The molecular weight excluding hydrogens is 441 g/mol. The molecule has 0 heterocycles. The first kappa shape index (κ1) is 24.8. The summed E-state index contributed by atoms with van der Waals surface area (Å²) >= 11 is 1.55. The minimum atomic E-state index is -4.10. The van der Waals surface area contributed by atoms with Crippen LogP contribution in [0.15, 0.2) is 53.4 Å². The molecule has 168 valence electrons. The van der Waals surface area contributed by atoms with E-state index in [1.54, 1.807) is 67.2 Å². The number of hydrogen-bond acceptors (Lipinski definition) is 7. The van der Waals surface area contributed by atoms with Crippen LogP contribution in [-0.2, 0) is 25.3 Å². The molecule has 0 amide bonds. The van der Waals surface area contributed by atoms with Gasteiger partial charge in [0, 0.05) is 11.3 Å². The highest BCUT2D eigenvalue weighted by atomic mass is 32.2. The number of benzene rings is 2. The molecule has 2 aromatic rings. The molecule has 2 rings (SSSR count). The molecule has 0 saturated carbocycles. The van der Waals surface area contributed by atoms with E-state index in [-0.39, 0.29) is 30.9 Å². The van der Waals surface area contributed by atoms with Crippen molar-refractivity contribution >= 4 is 31.4 Å². The number of carbonyl (C=O) groups excluding carboxylic acids is 1. The van der Waals surface area contributed by atoms with Crippen LogP contribution in [0.1, 0.15) is 25.8 Å². The SMILES string of the molecule is CCOC(=O)[C@H](C)NP(=O)(Oc1ccc(SC)cc1)Oc1ccccc1CCC(=O)O. The second kappa shape index (κ2) is 11.8. The zero-order chi connectivity index (χ0) is 22.9. The number of aryl methyl sites for hydroxylation is 1. The van der Waals surface area contributed by atoms with Crippen LogP contribution in [0.25, 0.3) is 0 Å². The average Bonchev–Trinajstić information content (AvgIpc) is 2.73. The predicted molar refractivity (Wildman–Crippen MR) is 119 cm³/mol. The maximum Gasteiger partial charge on any atom is 0.513 e. The molecule has 0 spiro atoms. The molecule has 2 aromatic carbocycles. The smallest absolute Gasteiger partial charge is 0.481 e. The van der Waals surface area contributed by atoms with Gasteiger partial charge < -0.3 is 18.9 Å². The van der Waals surface area contributed by atoms with Crippen molar-refractivity contribution in [2.75, 3.05) is 12.9 Å². The largest absolute Gasteiger partial charge is 0.513 e. The van der Waals surface area contributed by atoms with Crippen LogP contribution >= 0.6 is 19.5 Å². The van der Waals surface area contributed by atoms with E-state index in [9.17, 15) is 14.2 Å². The third-order valence-electron chi connectivity index (χ3n) is 4.08. The average molecular weight is 467 g/mol. The van der Waals surface area contributed by atoms with Gasteiger partial charge in [0.05, 0.1) is 6.61 Å². The van der Waals surface area contributed by atoms with Gasteiger partial charge in [-0.1, -0.05) is 18.2 Å². The van der Waals surface area contributed by atoms with E-state index in [1.165, 1.54) is 6.92 Å². The van der Waals surface area contributed by atoms with E-state index in [2.05, 4.69) is 5.09 Å². The van der Waals surface area contributed by atoms with Crippen LogP contribution in [0.5, 0.6) is 11.5 Å². The third kappa shape index (κ3) is 7.94. The topological polar surface area (TPSA) is 111 Å². The third-order valence-corrected chi connectivity index (χ3v) is 6.41. The van der Waals surface area contributed by atoms with Crippen molar-refractivity contribution in [2.24, 2.45) is 0 Å². The molecule has 0 saturated heterocycles. The van der Waals surface area contributed by atoms with Crippen molar-refractivity contribution in [3.8, 4) is 11.5 Å². The highest BCUT2D eigenvalue weighted by Gasteiger charge is 2.34. The molecule has 2 atom stereocenters. The summed E-state index contributed by atoms with van der Waals surface area (Å²) in [6, 6.07) is 12.6. The number of thioether (sulfide) groups is 1. The number of carbonyl (C=O) groups is 2. The maximum atomic E-state index is 13.6. The van der Waals surface area contributed by atoms with E-state index in [1.807, 2.05) is 6.26 Å². The lowest BCUT2D eigenvalue weighted by Gasteiger charge is -2.24. The standard InChI is InChI=1S/C21H26NO7PS/c1-4-27-21(25)15(2)22-30(26,28-17-10-12-18(31-3)13-11-17)29-19-8-6-5-7-16(19)9-14-20(23)24/h5-8,10-13,15H,4,9,14H2,1-3H3,(H,22,26)(H,23,24)/t15-,30?/m0/s1. The van der Waals surface area contributed by atoms with Crippen LogP contribution < -0.4 is 14.1 Å². The van der Waals surface area contributed by atoms with Gasteiger partial charge in [-0.25, -0.2) is 4.57 Å². The number of aliphatic carboxylic acids is 1. The lowest BCUT2D eigenvalue weighted by molar-refractivity contribution is -0.144. The van der Waals surface area contributed by atoms with Gasteiger partial charge in [0.1, 0.15) is 17.5 Å². The quantitative estimate of drug-likeness (QED) is 0.264. The Morgan fingerprint density at radius 3 is 2.42 bits per heavy atom. The van der Waals surface area contributed by atoms with E-state index in [4.69, 9.17) is 18.9 Å². The van der Waals surface area contributed by atoms with E-state index in [0.29, 0.717) is 5.56 Å². The number of para-hydroxylation sites is 1. The molecule has 10 heteroatoms. The number of esters is 1. The Bertz CT molecular complexity index is 936. The van der Waals surface area contributed by atoms with Gasteiger partial charge in [-0.15, -0.1) is 11.8 Å². The zero-order valence-corrected chi connectivity index (χ0v) is 19.3. The summed E-state index contributed by atoms with van der Waals surface area (Å²) in [6.07, 6.45) is 2.00. The summed E-state index contributed by atoms with van der Waals surface area (Å²) in [5.41, 5.74) is 0.553. The Hall–Kier alpha value is -2.48. The Morgan fingerprint density at radius 1 is 1.13 bits per heavy atom. The van der Waals surface area contributed by atoms with E-state index < -0.39 is 25.7 Å². The summed E-state index contributed by atoms with van der Waals surface area (Å²) in [6.45, 7) is 3.33. The zero-order valence-electron chi connectivity index (χ0n) is 17.6. The number of rotatable bonds is 12. The van der Waals surface area contributed by atoms with Gasteiger partial charge in [-0.2, -0.15) is 5.09 Å². The first-order chi connectivity index (χ1) is 14.8. The van der Waals surface area contributed by atoms with Crippen LogP contribution in [-0.4, -0.2) is 35.9 Å². The fourth-order valence-corrected chi connectivity index (χ4v) is 4.54. The number of carboxylic acids is 1. The van der Waals surface area contributed by atoms with Gasteiger partial charge in [0.25, 0.3) is 0 Å². The van der Waals surface area contributed by atoms with Crippen molar-refractivity contribution in [2.45, 2.75) is 37.6 Å². The highest BCUT2D eigenvalue weighted by molar-refractivity contribution is 7.98. The Kier molecular flexibility index (Phi) is 9.43.